The number of benzene rings is 2. The summed E-state index contributed by atoms with van der Waals surface area (Å²) in [6.07, 6.45) is 1.83. The van der Waals surface area contributed by atoms with Crippen molar-refractivity contribution < 1.29 is 14.3 Å². The van der Waals surface area contributed by atoms with E-state index < -0.39 is 11.9 Å². The molecule has 1 aliphatic carbocycles. The number of nitrogens with zero attached hydrogens (tertiary/aromatic N) is 1. The summed E-state index contributed by atoms with van der Waals surface area (Å²) in [7, 11) is 1.23. The third kappa shape index (κ3) is 3.86. The van der Waals surface area contributed by atoms with Crippen LogP contribution in [0.5, 0.6) is 0 Å². The monoisotopic (exact) mass is 334 g/mol. The van der Waals surface area contributed by atoms with Gasteiger partial charge in [0.05, 0.1) is 18.4 Å². The van der Waals surface area contributed by atoms with Crippen molar-refractivity contribution in [2.75, 3.05) is 12.4 Å². The zero-order valence-corrected chi connectivity index (χ0v) is 13.9. The predicted molar refractivity (Wildman–Crippen MR) is 93.8 cm³/mol. The number of carbonyl (C=O) groups excluding carboxylic acids is 2. The summed E-state index contributed by atoms with van der Waals surface area (Å²) >= 11 is 0. The molecule has 1 saturated carbocycles. The quantitative estimate of drug-likeness (QED) is 0.669. The van der Waals surface area contributed by atoms with Gasteiger partial charge in [-0.1, -0.05) is 30.3 Å². The molecule has 0 spiro atoms. The number of nitriles is 1. The molecule has 1 amide bonds. The lowest BCUT2D eigenvalue weighted by Crippen LogP contribution is -2.18. The Morgan fingerprint density at radius 2 is 1.96 bits per heavy atom. The molecule has 2 aromatic rings. The van der Waals surface area contributed by atoms with E-state index in [9.17, 15) is 14.9 Å². The van der Waals surface area contributed by atoms with Gasteiger partial charge in [0.25, 0.3) is 0 Å². The van der Waals surface area contributed by atoms with Gasteiger partial charge in [-0.05, 0) is 42.0 Å². The Kier molecular flexibility index (Phi) is 4.80. The molecule has 1 fully saturated rings. The highest BCUT2D eigenvalue weighted by molar-refractivity contribution is 6.03. The second kappa shape index (κ2) is 7.18. The highest BCUT2D eigenvalue weighted by Gasteiger charge is 2.26. The van der Waals surface area contributed by atoms with Crippen LogP contribution < -0.4 is 5.32 Å². The van der Waals surface area contributed by atoms with Crippen LogP contribution in [0.2, 0.25) is 0 Å². The summed E-state index contributed by atoms with van der Waals surface area (Å²) in [5.74, 6) is -0.639. The number of methoxy groups -OCH3 is 1. The van der Waals surface area contributed by atoms with Crippen LogP contribution in [0.3, 0.4) is 0 Å². The van der Waals surface area contributed by atoms with Crippen molar-refractivity contribution in [2.45, 2.75) is 25.2 Å². The van der Waals surface area contributed by atoms with Gasteiger partial charge in [0, 0.05) is 5.56 Å². The molecule has 5 heteroatoms. The second-order valence-corrected chi connectivity index (χ2v) is 6.04. The van der Waals surface area contributed by atoms with E-state index in [1.165, 1.54) is 7.11 Å². The van der Waals surface area contributed by atoms with Crippen LogP contribution in [0.4, 0.5) is 5.69 Å². The fourth-order valence-electron chi connectivity index (χ4n) is 2.78. The molecule has 25 heavy (non-hydrogen) atoms. The summed E-state index contributed by atoms with van der Waals surface area (Å²) in [5.41, 5.74) is 3.66. The molecule has 0 saturated heterocycles. The lowest BCUT2D eigenvalue weighted by Gasteiger charge is -2.14. The molecule has 0 unspecified atom stereocenters. The number of hydrogen-bond acceptors (Lipinski definition) is 4. The largest absolute Gasteiger partial charge is 0.469 e. The average molecular weight is 334 g/mol. The Labute approximate surface area is 146 Å². The van der Waals surface area contributed by atoms with E-state index in [4.69, 9.17) is 0 Å². The summed E-state index contributed by atoms with van der Waals surface area (Å²) in [5, 5.41) is 12.4. The van der Waals surface area contributed by atoms with Crippen LogP contribution in [0.15, 0.2) is 42.5 Å². The topological polar surface area (TPSA) is 79.2 Å². The minimum Gasteiger partial charge on any atom is -0.469 e. The Hall–Kier alpha value is -3.13. The van der Waals surface area contributed by atoms with E-state index in [-0.39, 0.29) is 6.42 Å². The minimum atomic E-state index is -0.613. The van der Waals surface area contributed by atoms with Gasteiger partial charge < -0.3 is 10.1 Å². The summed E-state index contributed by atoms with van der Waals surface area (Å²) in [4.78, 5) is 23.4. The lowest BCUT2D eigenvalue weighted by atomic mass is 9.94. The number of carbonyl (C=O) groups is 2. The molecule has 1 N–H and O–H groups in total. The van der Waals surface area contributed by atoms with E-state index in [0.29, 0.717) is 17.2 Å². The molecular formula is C20H18N2O3. The Balaban J connectivity index is 2.02. The normalized spacial score (nSPS) is 13.0. The maximum absolute atomic E-state index is 12.1. The predicted octanol–water partition coefficient (Wildman–Crippen LogP) is 3.60. The molecule has 126 valence electrons. The molecule has 0 aliphatic heterocycles. The van der Waals surface area contributed by atoms with Crippen molar-refractivity contribution >= 4 is 17.6 Å². The molecule has 0 aromatic heterocycles. The van der Waals surface area contributed by atoms with Gasteiger partial charge in [-0.3, -0.25) is 9.59 Å². The van der Waals surface area contributed by atoms with Crippen molar-refractivity contribution in [1.29, 1.82) is 5.26 Å². The summed E-state index contributed by atoms with van der Waals surface area (Å²) in [6.45, 7) is 0. The van der Waals surface area contributed by atoms with Gasteiger partial charge in [0.2, 0.25) is 5.91 Å². The van der Waals surface area contributed by atoms with Crippen LogP contribution in [0, 0.1) is 11.3 Å². The van der Waals surface area contributed by atoms with Crippen molar-refractivity contribution in [2.24, 2.45) is 0 Å². The van der Waals surface area contributed by atoms with Crippen LogP contribution in [0.25, 0.3) is 11.1 Å². The second-order valence-electron chi connectivity index (χ2n) is 6.04. The maximum atomic E-state index is 12.1. The van der Waals surface area contributed by atoms with E-state index in [0.717, 1.165) is 29.5 Å². The van der Waals surface area contributed by atoms with Crippen molar-refractivity contribution in [3.8, 4) is 17.2 Å². The number of esters is 1. The Morgan fingerprint density at radius 1 is 1.24 bits per heavy atom. The Bertz CT molecular complexity index is 849. The Morgan fingerprint density at radius 3 is 2.56 bits per heavy atom. The van der Waals surface area contributed by atoms with Gasteiger partial charge in [0.1, 0.15) is 12.5 Å². The SMILES string of the molecule is COC(=O)CC(=O)Nc1cc(C2CC2)cc(-c2ccccc2)c1C#N. The molecule has 5 nitrogen and oxygen atoms in total. The molecule has 2 aromatic carbocycles. The highest BCUT2D eigenvalue weighted by atomic mass is 16.5. The molecular weight excluding hydrogens is 316 g/mol. The molecule has 0 bridgehead atoms. The number of rotatable bonds is 5. The molecule has 1 aliphatic rings. The smallest absolute Gasteiger partial charge is 0.315 e. The fourth-order valence-corrected chi connectivity index (χ4v) is 2.78. The fraction of sp³-hybridized carbons (Fsp3) is 0.250. The molecule has 0 atom stereocenters. The van der Waals surface area contributed by atoms with E-state index in [2.05, 4.69) is 16.1 Å². The van der Waals surface area contributed by atoms with Gasteiger partial charge >= 0.3 is 5.97 Å². The van der Waals surface area contributed by atoms with Crippen molar-refractivity contribution in [1.82, 2.24) is 0 Å². The maximum Gasteiger partial charge on any atom is 0.315 e. The van der Waals surface area contributed by atoms with Gasteiger partial charge in [0.15, 0.2) is 0 Å². The zero-order chi connectivity index (χ0) is 17.8. The van der Waals surface area contributed by atoms with Crippen molar-refractivity contribution in [3.63, 3.8) is 0 Å². The molecule has 0 radical (unpaired) electrons. The number of amides is 1. The minimum absolute atomic E-state index is 0.379. The molecule has 0 heterocycles. The van der Waals surface area contributed by atoms with Crippen molar-refractivity contribution in [3.05, 3.63) is 53.6 Å². The van der Waals surface area contributed by atoms with E-state index in [1.807, 2.05) is 42.5 Å². The number of hydrogen-bond donors (Lipinski definition) is 1. The first-order valence-corrected chi connectivity index (χ1v) is 8.12. The standard InChI is InChI=1S/C20H18N2O3/c1-25-20(24)11-19(23)22-18-10-15(13-7-8-13)9-16(17(18)12-21)14-5-3-2-4-6-14/h2-6,9-10,13H,7-8,11H2,1H3,(H,22,23). The van der Waals surface area contributed by atoms with Gasteiger partial charge in [-0.25, -0.2) is 0 Å². The van der Waals surface area contributed by atoms with Crippen LogP contribution in [-0.2, 0) is 14.3 Å². The number of nitrogens with one attached hydrogen (secondary N) is 1. The first kappa shape index (κ1) is 16.7. The van der Waals surface area contributed by atoms with Gasteiger partial charge in [-0.2, -0.15) is 5.26 Å². The van der Waals surface area contributed by atoms with Crippen LogP contribution >= 0.6 is 0 Å². The van der Waals surface area contributed by atoms with Gasteiger partial charge in [-0.15, -0.1) is 0 Å². The first-order valence-electron chi connectivity index (χ1n) is 8.12. The number of ether oxygens (including phenoxy) is 1. The average Bonchev–Trinajstić information content (AvgIpc) is 3.46. The third-order valence-corrected chi connectivity index (χ3v) is 4.21. The third-order valence-electron chi connectivity index (χ3n) is 4.21. The first-order chi connectivity index (χ1) is 12.1. The summed E-state index contributed by atoms with van der Waals surface area (Å²) in [6, 6.07) is 15.7. The highest BCUT2D eigenvalue weighted by Crippen LogP contribution is 2.43. The zero-order valence-electron chi connectivity index (χ0n) is 13.9. The van der Waals surface area contributed by atoms with Crippen LogP contribution in [0.1, 0.15) is 36.3 Å². The lowest BCUT2D eigenvalue weighted by molar-refractivity contribution is -0.142. The summed E-state index contributed by atoms with van der Waals surface area (Å²) < 4.78 is 4.52. The number of anilines is 1. The van der Waals surface area contributed by atoms with E-state index in [1.54, 1.807) is 0 Å². The molecule has 3 rings (SSSR count). The van der Waals surface area contributed by atoms with E-state index >= 15 is 0 Å². The van der Waals surface area contributed by atoms with Crippen LogP contribution in [-0.4, -0.2) is 19.0 Å².